The van der Waals surface area contributed by atoms with Crippen molar-refractivity contribution in [3.63, 3.8) is 0 Å². The van der Waals surface area contributed by atoms with Crippen molar-refractivity contribution in [3.05, 3.63) is 11.6 Å². The summed E-state index contributed by atoms with van der Waals surface area (Å²) in [6.07, 6.45) is 8.48. The summed E-state index contributed by atoms with van der Waals surface area (Å²) in [6.45, 7) is 11.0. The van der Waals surface area contributed by atoms with Crippen LogP contribution in [-0.4, -0.2) is 30.2 Å². The predicted octanol–water partition coefficient (Wildman–Crippen LogP) is 4.57. The zero-order chi connectivity index (χ0) is 21.2. The largest absolute Gasteiger partial charge is 0.481 e. The molecule has 0 unspecified atom stereocenters. The molecule has 1 N–H and O–H groups in total. The third kappa shape index (κ3) is 2.30. The Balaban J connectivity index is 1.91. The molecule has 0 saturated heterocycles. The summed E-state index contributed by atoms with van der Waals surface area (Å²) in [4.78, 5) is 31.6. The maximum absolute atomic E-state index is 13.2. The molecule has 29 heavy (non-hydrogen) atoms. The molecule has 160 valence electrons. The van der Waals surface area contributed by atoms with Gasteiger partial charge in [0.05, 0.1) is 11.6 Å². The van der Waals surface area contributed by atoms with Gasteiger partial charge in [0.1, 0.15) is 18.3 Å². The molecule has 0 heterocycles. The lowest BCUT2D eigenvalue weighted by atomic mass is 9.43. The number of rotatable bonds is 7. The molecule has 0 radical (unpaired) electrons. The quantitative estimate of drug-likeness (QED) is 0.293. The number of carboxylic acid groups (broad SMARTS) is 1. The van der Waals surface area contributed by atoms with Crippen LogP contribution < -0.4 is 0 Å². The smallest absolute Gasteiger partial charge is 0.315 e. The Morgan fingerprint density at radius 1 is 1.28 bits per heavy atom. The fourth-order valence-electron chi connectivity index (χ4n) is 7.81. The summed E-state index contributed by atoms with van der Waals surface area (Å²) in [5.41, 5.74) is -1.77. The average Bonchev–Trinajstić information content (AvgIpc) is 3.22. The van der Waals surface area contributed by atoms with Crippen LogP contribution in [0.2, 0.25) is 0 Å². The van der Waals surface area contributed by atoms with Crippen molar-refractivity contribution >= 4 is 18.5 Å². The van der Waals surface area contributed by atoms with Gasteiger partial charge in [-0.3, -0.25) is 4.79 Å². The first kappa shape index (κ1) is 20.6. The third-order valence-electron chi connectivity index (χ3n) is 8.76. The molecular formula is C24H35NO4. The van der Waals surface area contributed by atoms with Crippen LogP contribution in [0, 0.1) is 51.8 Å². The van der Waals surface area contributed by atoms with Gasteiger partial charge >= 0.3 is 5.97 Å². The average molecular weight is 402 g/mol. The Hall–Kier alpha value is -1.65. The van der Waals surface area contributed by atoms with Gasteiger partial charge in [-0.1, -0.05) is 57.8 Å². The molecule has 3 fully saturated rings. The molecule has 4 aliphatic rings. The van der Waals surface area contributed by atoms with Crippen LogP contribution in [0.25, 0.3) is 0 Å². The van der Waals surface area contributed by atoms with E-state index in [1.54, 1.807) is 0 Å². The van der Waals surface area contributed by atoms with Gasteiger partial charge in [-0.25, -0.2) is 0 Å². The number of aldehydes is 1. The molecule has 4 aliphatic carbocycles. The van der Waals surface area contributed by atoms with Gasteiger partial charge in [-0.2, -0.15) is 0 Å². The van der Waals surface area contributed by atoms with E-state index in [1.165, 1.54) is 0 Å². The number of carbonyl (C=O) groups excluding carboxylic acids is 1. The summed E-state index contributed by atoms with van der Waals surface area (Å²) < 4.78 is 0. The normalized spacial score (nSPS) is 45.1. The van der Waals surface area contributed by atoms with E-state index < -0.39 is 22.2 Å². The molecular weight excluding hydrogens is 366 g/mol. The van der Waals surface area contributed by atoms with Crippen molar-refractivity contribution in [2.75, 3.05) is 6.61 Å². The van der Waals surface area contributed by atoms with Gasteiger partial charge in [0, 0.05) is 5.41 Å². The first-order chi connectivity index (χ1) is 13.7. The maximum atomic E-state index is 13.2. The van der Waals surface area contributed by atoms with E-state index in [9.17, 15) is 14.7 Å². The molecule has 3 saturated carbocycles. The van der Waals surface area contributed by atoms with Crippen molar-refractivity contribution in [2.24, 2.45) is 56.9 Å². The summed E-state index contributed by atoms with van der Waals surface area (Å²) in [5.74, 6) is 0.640. The van der Waals surface area contributed by atoms with E-state index in [4.69, 9.17) is 4.84 Å². The summed E-state index contributed by atoms with van der Waals surface area (Å²) in [5, 5.41) is 15.1. The number of fused-ring (bicyclic) bond motifs is 2. The van der Waals surface area contributed by atoms with Crippen LogP contribution in [-0.2, 0) is 14.4 Å². The number of carboxylic acids is 1. The fraction of sp³-hybridized carbons (Fsp3) is 0.792. The van der Waals surface area contributed by atoms with Crippen molar-refractivity contribution in [3.8, 4) is 0 Å². The minimum absolute atomic E-state index is 0.0328. The van der Waals surface area contributed by atoms with Crippen LogP contribution in [0.4, 0.5) is 0 Å². The van der Waals surface area contributed by atoms with E-state index in [2.05, 4.69) is 45.9 Å². The lowest BCUT2D eigenvalue weighted by Gasteiger charge is -2.57. The van der Waals surface area contributed by atoms with Crippen molar-refractivity contribution in [1.29, 1.82) is 0 Å². The van der Waals surface area contributed by atoms with Crippen LogP contribution in [0.5, 0.6) is 0 Å². The summed E-state index contributed by atoms with van der Waals surface area (Å²) >= 11 is 0. The fourth-order valence-corrected chi connectivity index (χ4v) is 7.81. The van der Waals surface area contributed by atoms with E-state index in [1.807, 2.05) is 6.21 Å². The Labute approximate surface area is 174 Å². The second-order valence-electron chi connectivity index (χ2n) is 10.8. The first-order valence-corrected chi connectivity index (χ1v) is 11.3. The lowest BCUT2D eigenvalue weighted by molar-refractivity contribution is -0.173. The molecule has 5 nitrogen and oxygen atoms in total. The minimum Gasteiger partial charge on any atom is -0.481 e. The van der Waals surface area contributed by atoms with E-state index in [0.29, 0.717) is 30.8 Å². The van der Waals surface area contributed by atoms with Gasteiger partial charge in [0.15, 0.2) is 0 Å². The maximum Gasteiger partial charge on any atom is 0.315 e. The van der Waals surface area contributed by atoms with E-state index in [0.717, 1.165) is 31.1 Å². The van der Waals surface area contributed by atoms with Crippen LogP contribution in [0.1, 0.15) is 60.3 Å². The summed E-state index contributed by atoms with van der Waals surface area (Å²) in [7, 11) is 0. The Bertz CT molecular complexity index is 771. The van der Waals surface area contributed by atoms with Gasteiger partial charge in [-0.15, -0.1) is 0 Å². The van der Waals surface area contributed by atoms with Gasteiger partial charge < -0.3 is 14.7 Å². The summed E-state index contributed by atoms with van der Waals surface area (Å²) in [6, 6.07) is 0. The van der Waals surface area contributed by atoms with Crippen LogP contribution in [0.3, 0.4) is 0 Å². The van der Waals surface area contributed by atoms with Crippen molar-refractivity contribution < 1.29 is 19.5 Å². The highest BCUT2D eigenvalue weighted by Gasteiger charge is 2.84. The topological polar surface area (TPSA) is 76.0 Å². The molecule has 0 aromatic carbocycles. The zero-order valence-electron chi connectivity index (χ0n) is 18.4. The SMILES string of the molecule is CC(C)CON=C[C@@]12C[C@@H]3[C@H](C)CC[C@H]3[C@@]3(C=O)C[C@@H]1C=C(C(C)C)[C@]32C(=O)O. The molecule has 0 aromatic heterocycles. The molecule has 0 aliphatic heterocycles. The van der Waals surface area contributed by atoms with Crippen LogP contribution in [0.15, 0.2) is 16.8 Å². The van der Waals surface area contributed by atoms with Gasteiger partial charge in [-0.05, 0) is 54.8 Å². The Morgan fingerprint density at radius 3 is 2.59 bits per heavy atom. The van der Waals surface area contributed by atoms with Crippen LogP contribution >= 0.6 is 0 Å². The van der Waals surface area contributed by atoms with Crippen molar-refractivity contribution in [1.82, 2.24) is 0 Å². The molecule has 0 amide bonds. The third-order valence-corrected chi connectivity index (χ3v) is 8.76. The molecule has 4 rings (SSSR count). The number of hydrogen-bond donors (Lipinski definition) is 1. The second-order valence-corrected chi connectivity index (χ2v) is 10.8. The predicted molar refractivity (Wildman–Crippen MR) is 111 cm³/mol. The van der Waals surface area contributed by atoms with E-state index in [-0.39, 0.29) is 17.8 Å². The number of aliphatic carboxylic acids is 1. The highest BCUT2D eigenvalue weighted by molar-refractivity contribution is 5.96. The van der Waals surface area contributed by atoms with E-state index >= 15 is 0 Å². The zero-order valence-corrected chi connectivity index (χ0v) is 18.4. The highest BCUT2D eigenvalue weighted by atomic mass is 16.6. The number of oxime groups is 1. The number of carbonyl (C=O) groups is 2. The van der Waals surface area contributed by atoms with Crippen molar-refractivity contribution in [2.45, 2.75) is 60.3 Å². The first-order valence-electron chi connectivity index (χ1n) is 11.3. The van der Waals surface area contributed by atoms with Gasteiger partial charge in [0.25, 0.3) is 0 Å². The molecule has 7 atom stereocenters. The highest BCUT2D eigenvalue weighted by Crippen LogP contribution is 2.82. The molecule has 5 heteroatoms. The standard InChI is InChI=1S/C24H35NO4/c1-14(2)11-29-25-12-22-10-18-16(5)6-7-19(18)23(13-26)9-17(22)8-20(15(3)4)24(22,23)21(27)28/h8,12-19H,6-7,9-11H2,1-5H3,(H,27,28)/t16-,17+,18-,19-,22+,23+,24-/m1/s1. The lowest BCUT2D eigenvalue weighted by Crippen LogP contribution is -2.63. The minimum atomic E-state index is -1.20. The molecule has 0 aromatic rings. The van der Waals surface area contributed by atoms with Gasteiger partial charge in [0.2, 0.25) is 0 Å². The Kier molecular flexibility index (Phi) is 4.75. The molecule has 4 bridgehead atoms. The monoisotopic (exact) mass is 401 g/mol. The second kappa shape index (κ2) is 6.68. The Morgan fingerprint density at radius 2 is 2.00 bits per heavy atom. The number of nitrogens with zero attached hydrogens (tertiary/aromatic N) is 1. The number of allylic oxidation sites excluding steroid dienone is 1. The molecule has 0 spiro atoms. The number of hydrogen-bond acceptors (Lipinski definition) is 4.